The monoisotopic (exact) mass is 445 g/mol. The fourth-order valence-corrected chi connectivity index (χ4v) is 5.41. The molecule has 32 heavy (non-hydrogen) atoms. The van der Waals surface area contributed by atoms with E-state index in [0.717, 1.165) is 48.4 Å². The first-order chi connectivity index (χ1) is 15.3. The van der Waals surface area contributed by atoms with Crippen LogP contribution in [0.15, 0.2) is 23.5 Å². The third-order valence-corrected chi connectivity index (χ3v) is 6.93. The molecule has 1 unspecified atom stereocenters. The van der Waals surface area contributed by atoms with Gasteiger partial charge >= 0.3 is 11.9 Å². The number of nitrogens with zero attached hydrogens (tertiary/aromatic N) is 1. The molecule has 1 saturated heterocycles. The number of benzene rings is 1. The summed E-state index contributed by atoms with van der Waals surface area (Å²) in [6, 6.07) is 4.03. The second-order valence-corrected chi connectivity index (χ2v) is 8.86. The lowest BCUT2D eigenvalue weighted by atomic mass is 9.86. The number of carbonyl (C=O) groups is 2. The molecule has 0 saturated carbocycles. The van der Waals surface area contributed by atoms with Crippen LogP contribution in [0.1, 0.15) is 36.8 Å². The van der Waals surface area contributed by atoms with Crippen molar-refractivity contribution in [2.45, 2.75) is 49.9 Å². The lowest BCUT2D eigenvalue weighted by molar-refractivity contribution is -0.175. The van der Waals surface area contributed by atoms with Gasteiger partial charge in [-0.25, -0.2) is 4.79 Å². The predicted molar refractivity (Wildman–Crippen MR) is 110 cm³/mol. The number of hydrogen-bond donors (Lipinski definition) is 1. The van der Waals surface area contributed by atoms with Gasteiger partial charge in [-0.2, -0.15) is 0 Å². The van der Waals surface area contributed by atoms with Crippen LogP contribution in [-0.4, -0.2) is 73.8 Å². The Morgan fingerprint density at radius 1 is 1.19 bits per heavy atom. The Labute approximate surface area is 185 Å². The Kier molecular flexibility index (Phi) is 5.05. The highest BCUT2D eigenvalue weighted by atomic mass is 16.7. The molecule has 1 aliphatic carbocycles. The molecule has 1 fully saturated rings. The maximum Gasteiger partial charge on any atom is 0.339 e. The predicted octanol–water partition coefficient (Wildman–Crippen LogP) is 1.27. The van der Waals surface area contributed by atoms with E-state index in [9.17, 15) is 14.7 Å². The van der Waals surface area contributed by atoms with Gasteiger partial charge in [-0.15, -0.1) is 0 Å². The van der Waals surface area contributed by atoms with Gasteiger partial charge in [0, 0.05) is 25.0 Å². The summed E-state index contributed by atoms with van der Waals surface area (Å²) in [5.41, 5.74) is 1.25. The van der Waals surface area contributed by atoms with Gasteiger partial charge in [-0.05, 0) is 48.6 Å². The van der Waals surface area contributed by atoms with Crippen molar-refractivity contribution in [2.75, 3.05) is 34.1 Å². The Balaban J connectivity index is 1.53. The molecule has 3 heterocycles. The van der Waals surface area contributed by atoms with Crippen LogP contribution >= 0.6 is 0 Å². The highest BCUT2D eigenvalue weighted by molar-refractivity contribution is 5.85. The summed E-state index contributed by atoms with van der Waals surface area (Å²) < 4.78 is 27.5. The van der Waals surface area contributed by atoms with Crippen molar-refractivity contribution in [1.82, 2.24) is 4.90 Å². The molecule has 0 aromatic heterocycles. The third kappa shape index (κ3) is 3.22. The van der Waals surface area contributed by atoms with Gasteiger partial charge in [0.05, 0.1) is 20.6 Å². The van der Waals surface area contributed by atoms with Crippen molar-refractivity contribution in [3.63, 3.8) is 0 Å². The minimum Gasteiger partial charge on any atom is -0.497 e. The molecule has 3 aliphatic heterocycles. The fourth-order valence-electron chi connectivity index (χ4n) is 5.41. The van der Waals surface area contributed by atoms with Crippen LogP contribution in [0, 0.1) is 0 Å². The molecule has 9 nitrogen and oxygen atoms in total. The number of carbonyl (C=O) groups excluding carboxylic acids is 2. The Bertz CT molecular complexity index is 1000. The van der Waals surface area contributed by atoms with Gasteiger partial charge in [0.25, 0.3) is 0 Å². The standard InChI is InChI=1S/C23H27NO8/c1-23(27,10-17(25)28-2)22(26)32-21-18-14-9-16-15(30-11-31-16)8-12(14)4-6-24-7-5-13(19(18)24)20(21)29-3/h8-9,18-19,21,27H,4-7,10-11H2,1-3H3/t18-,19-,21-,23?/m0/s1. The van der Waals surface area contributed by atoms with Crippen LogP contribution in [0.3, 0.4) is 0 Å². The third-order valence-electron chi connectivity index (χ3n) is 6.93. The van der Waals surface area contributed by atoms with Gasteiger partial charge in [0.1, 0.15) is 5.76 Å². The van der Waals surface area contributed by atoms with Crippen molar-refractivity contribution in [1.29, 1.82) is 0 Å². The zero-order chi connectivity index (χ0) is 22.6. The van der Waals surface area contributed by atoms with E-state index in [2.05, 4.69) is 9.64 Å². The second kappa shape index (κ2) is 7.67. The lowest BCUT2D eigenvalue weighted by Gasteiger charge is -2.31. The summed E-state index contributed by atoms with van der Waals surface area (Å²) in [6.45, 7) is 3.22. The molecule has 4 aliphatic rings. The van der Waals surface area contributed by atoms with Crippen molar-refractivity contribution >= 4 is 11.9 Å². The Hall–Kier alpha value is -2.78. The second-order valence-electron chi connectivity index (χ2n) is 8.86. The first-order valence-electron chi connectivity index (χ1n) is 10.8. The van der Waals surface area contributed by atoms with Gasteiger partial charge in [0.15, 0.2) is 23.2 Å². The number of rotatable bonds is 5. The zero-order valence-electron chi connectivity index (χ0n) is 18.4. The molecular formula is C23H27NO8. The molecule has 0 radical (unpaired) electrons. The van der Waals surface area contributed by atoms with E-state index < -0.39 is 30.1 Å². The fraction of sp³-hybridized carbons (Fsp3) is 0.565. The minimum absolute atomic E-state index is 0.0370. The maximum absolute atomic E-state index is 13.0. The van der Waals surface area contributed by atoms with E-state index in [0.29, 0.717) is 11.5 Å². The van der Waals surface area contributed by atoms with E-state index >= 15 is 0 Å². The SMILES string of the molecule is COC(=O)CC(C)(O)C(=O)O[C@@H]1C(OC)=C2CCN3CCc4cc5c(cc4[C@H]1[C@H]23)OCO5. The topological polar surface area (TPSA) is 104 Å². The highest BCUT2D eigenvalue weighted by Gasteiger charge is 2.54. The van der Waals surface area contributed by atoms with Crippen molar-refractivity contribution < 1.29 is 38.4 Å². The Morgan fingerprint density at radius 2 is 1.91 bits per heavy atom. The van der Waals surface area contributed by atoms with Crippen LogP contribution in [0.25, 0.3) is 0 Å². The Morgan fingerprint density at radius 3 is 2.62 bits per heavy atom. The van der Waals surface area contributed by atoms with Gasteiger partial charge in [-0.3, -0.25) is 9.69 Å². The van der Waals surface area contributed by atoms with E-state index in [1.807, 2.05) is 12.1 Å². The molecule has 5 rings (SSSR count). The normalized spacial score (nSPS) is 27.3. The molecule has 0 bridgehead atoms. The summed E-state index contributed by atoms with van der Waals surface area (Å²) >= 11 is 0. The number of esters is 2. The van der Waals surface area contributed by atoms with Gasteiger partial charge in [0.2, 0.25) is 6.79 Å². The number of fused-ring (bicyclic) bond motifs is 3. The summed E-state index contributed by atoms with van der Waals surface area (Å²) in [5, 5.41) is 10.6. The average molecular weight is 445 g/mol. The van der Waals surface area contributed by atoms with Crippen molar-refractivity contribution in [2.24, 2.45) is 0 Å². The molecule has 1 aromatic rings. The zero-order valence-corrected chi connectivity index (χ0v) is 18.4. The number of ether oxygens (including phenoxy) is 5. The van der Waals surface area contributed by atoms with Crippen LogP contribution in [0.2, 0.25) is 0 Å². The van der Waals surface area contributed by atoms with E-state index in [1.165, 1.54) is 14.0 Å². The average Bonchev–Trinajstić information content (AvgIpc) is 3.42. The van der Waals surface area contributed by atoms with E-state index in [4.69, 9.17) is 18.9 Å². The van der Waals surface area contributed by atoms with Crippen LogP contribution in [0.5, 0.6) is 11.5 Å². The molecule has 0 amide bonds. The van der Waals surface area contributed by atoms with Crippen LogP contribution in [-0.2, 0) is 30.2 Å². The maximum atomic E-state index is 13.0. The molecule has 4 atom stereocenters. The summed E-state index contributed by atoms with van der Waals surface area (Å²) in [6.07, 6.45) is 0.451. The van der Waals surface area contributed by atoms with Gasteiger partial charge in [-0.1, -0.05) is 0 Å². The summed E-state index contributed by atoms with van der Waals surface area (Å²) in [7, 11) is 2.78. The first-order valence-corrected chi connectivity index (χ1v) is 10.8. The minimum atomic E-state index is -2.02. The molecule has 1 N–H and O–H groups in total. The lowest BCUT2D eigenvalue weighted by Crippen LogP contribution is -2.43. The summed E-state index contributed by atoms with van der Waals surface area (Å²) in [5.74, 6) is 0.215. The van der Waals surface area contributed by atoms with Crippen molar-refractivity contribution in [3.8, 4) is 11.5 Å². The number of hydrogen-bond acceptors (Lipinski definition) is 9. The molecule has 1 aromatic carbocycles. The molecule has 172 valence electrons. The molecule has 0 spiro atoms. The van der Waals surface area contributed by atoms with E-state index in [-0.39, 0.29) is 18.8 Å². The first kappa shape index (κ1) is 21.1. The number of aliphatic hydroxyl groups is 1. The van der Waals surface area contributed by atoms with Crippen molar-refractivity contribution in [3.05, 3.63) is 34.6 Å². The quantitative estimate of drug-likeness (QED) is 0.671. The van der Waals surface area contributed by atoms with Crippen LogP contribution in [0.4, 0.5) is 0 Å². The summed E-state index contributed by atoms with van der Waals surface area (Å²) in [4.78, 5) is 27.1. The highest BCUT2D eigenvalue weighted by Crippen LogP contribution is 2.52. The smallest absolute Gasteiger partial charge is 0.339 e. The van der Waals surface area contributed by atoms with E-state index in [1.54, 1.807) is 7.11 Å². The van der Waals surface area contributed by atoms with Crippen LogP contribution < -0.4 is 9.47 Å². The largest absolute Gasteiger partial charge is 0.497 e. The molecular weight excluding hydrogens is 418 g/mol. The number of methoxy groups -OCH3 is 2. The van der Waals surface area contributed by atoms with Gasteiger partial charge < -0.3 is 28.8 Å². The molecule has 9 heteroatoms.